The van der Waals surface area contributed by atoms with E-state index in [1.165, 1.54) is 16.2 Å². The number of Topliss-reactive ketones (excluding diaryl/α,β-unsaturated/α-hetero) is 1. The van der Waals surface area contributed by atoms with E-state index in [1.807, 2.05) is 63.2 Å². The van der Waals surface area contributed by atoms with E-state index in [2.05, 4.69) is 20.6 Å². The van der Waals surface area contributed by atoms with Gasteiger partial charge in [0.25, 0.3) is 11.8 Å². The highest BCUT2D eigenvalue weighted by Gasteiger charge is 2.43. The van der Waals surface area contributed by atoms with Crippen LogP contribution >= 0.6 is 11.3 Å². The first kappa shape index (κ1) is 30.8. The minimum Gasteiger partial charge on any atom is -0.425 e. The molecule has 0 radical (unpaired) electrons. The van der Waals surface area contributed by atoms with Crippen molar-refractivity contribution in [2.24, 2.45) is 5.41 Å². The van der Waals surface area contributed by atoms with Gasteiger partial charge in [-0.3, -0.25) is 19.4 Å². The minimum absolute atomic E-state index is 0.263. The van der Waals surface area contributed by atoms with Crippen molar-refractivity contribution in [2.75, 3.05) is 6.54 Å². The monoisotopic (exact) mass is 591 g/mol. The Kier molecular flexibility index (Phi) is 10.1. The highest BCUT2D eigenvalue weighted by molar-refractivity contribution is 7.13. The maximum Gasteiger partial charge on any atom is 0.409 e. The fraction of sp³-hybridized carbons (Fsp3) is 0.419. The van der Waals surface area contributed by atoms with E-state index >= 15 is 0 Å². The van der Waals surface area contributed by atoms with Gasteiger partial charge in [-0.15, -0.1) is 11.3 Å². The average molecular weight is 592 g/mol. The van der Waals surface area contributed by atoms with Crippen molar-refractivity contribution >= 4 is 35.0 Å². The lowest BCUT2D eigenvalue weighted by Crippen LogP contribution is -2.49. The third-order valence-electron chi connectivity index (χ3n) is 7.15. The van der Waals surface area contributed by atoms with Crippen LogP contribution in [0.15, 0.2) is 60.2 Å². The molecule has 4 rings (SSSR count). The maximum absolute atomic E-state index is 13.5. The van der Waals surface area contributed by atoms with Gasteiger partial charge in [-0.25, -0.2) is 9.78 Å². The summed E-state index contributed by atoms with van der Waals surface area (Å²) in [6, 6.07) is 11.5. The van der Waals surface area contributed by atoms with Gasteiger partial charge in [-0.2, -0.15) is 0 Å². The Morgan fingerprint density at radius 2 is 1.81 bits per heavy atom. The van der Waals surface area contributed by atoms with Gasteiger partial charge in [0.2, 0.25) is 5.78 Å². The molecule has 1 aromatic carbocycles. The Bertz CT molecular complexity index is 1390. The van der Waals surface area contributed by atoms with E-state index < -0.39 is 30.1 Å². The van der Waals surface area contributed by atoms with Crippen LogP contribution in [-0.4, -0.2) is 57.4 Å². The molecule has 0 bridgehead atoms. The molecule has 0 saturated carbocycles. The van der Waals surface area contributed by atoms with Crippen LogP contribution < -0.4 is 10.6 Å². The summed E-state index contributed by atoms with van der Waals surface area (Å²) >= 11 is 1.35. The van der Waals surface area contributed by atoms with Crippen molar-refractivity contribution in [2.45, 2.75) is 71.7 Å². The molecule has 11 heteroatoms. The van der Waals surface area contributed by atoms with E-state index in [9.17, 15) is 19.2 Å². The molecule has 42 heavy (non-hydrogen) atoms. The first-order valence-electron chi connectivity index (χ1n) is 14.1. The van der Waals surface area contributed by atoms with Crippen molar-refractivity contribution in [3.63, 3.8) is 0 Å². The summed E-state index contributed by atoms with van der Waals surface area (Å²) < 4.78 is 5.72. The molecule has 1 fully saturated rings. The summed E-state index contributed by atoms with van der Waals surface area (Å²) in [6.45, 7) is 8.09. The van der Waals surface area contributed by atoms with Gasteiger partial charge >= 0.3 is 6.09 Å². The number of carbonyl (C=O) groups excluding carboxylic acids is 4. The molecule has 2 aromatic heterocycles. The van der Waals surface area contributed by atoms with Crippen molar-refractivity contribution in [1.29, 1.82) is 0 Å². The number of pyridine rings is 1. The highest BCUT2D eigenvalue weighted by Crippen LogP contribution is 2.36. The molecular formula is C31H37N5O5S. The molecule has 1 unspecified atom stereocenters. The lowest BCUT2D eigenvalue weighted by atomic mass is 9.93. The smallest absolute Gasteiger partial charge is 0.409 e. The average Bonchev–Trinajstić information content (AvgIpc) is 3.59. The maximum atomic E-state index is 13.5. The van der Waals surface area contributed by atoms with Crippen LogP contribution in [0.5, 0.6) is 0 Å². The minimum atomic E-state index is -1.06. The van der Waals surface area contributed by atoms with Crippen LogP contribution in [0.2, 0.25) is 0 Å². The van der Waals surface area contributed by atoms with Crippen molar-refractivity contribution in [3.8, 4) is 10.6 Å². The number of alkyl carbamates (subject to hydrolysis) is 1. The van der Waals surface area contributed by atoms with Gasteiger partial charge in [0.05, 0.1) is 6.04 Å². The Labute approximate surface area is 249 Å². The largest absolute Gasteiger partial charge is 0.425 e. The predicted octanol–water partition coefficient (Wildman–Crippen LogP) is 5.13. The van der Waals surface area contributed by atoms with Crippen LogP contribution in [0, 0.1) is 5.41 Å². The fourth-order valence-electron chi connectivity index (χ4n) is 4.89. The number of thiazole rings is 1. The first-order valence-corrected chi connectivity index (χ1v) is 15.0. The second-order valence-electron chi connectivity index (χ2n) is 11.2. The number of nitrogens with zero attached hydrogens (tertiary/aromatic N) is 3. The number of hydrogen-bond acceptors (Lipinski definition) is 8. The van der Waals surface area contributed by atoms with Gasteiger partial charge in [0, 0.05) is 36.3 Å². The summed E-state index contributed by atoms with van der Waals surface area (Å²) in [7, 11) is 0. The van der Waals surface area contributed by atoms with Crippen LogP contribution in [-0.2, 0) is 14.3 Å². The van der Waals surface area contributed by atoms with Crippen molar-refractivity contribution in [3.05, 3.63) is 71.5 Å². The molecule has 1 aliphatic heterocycles. The van der Waals surface area contributed by atoms with Crippen LogP contribution in [0.25, 0.3) is 10.6 Å². The molecule has 3 aromatic rings. The van der Waals surface area contributed by atoms with Crippen LogP contribution in [0.3, 0.4) is 0 Å². The molecule has 1 saturated heterocycles. The molecule has 222 valence electrons. The number of unbranched alkanes of at least 4 members (excludes halogenated alkanes) is 1. The molecule has 0 aliphatic carbocycles. The Morgan fingerprint density at radius 1 is 1.10 bits per heavy atom. The van der Waals surface area contributed by atoms with Gasteiger partial charge in [0.1, 0.15) is 16.7 Å². The highest BCUT2D eigenvalue weighted by atomic mass is 32.1. The van der Waals surface area contributed by atoms with Gasteiger partial charge in [0.15, 0.2) is 6.23 Å². The Balaban J connectivity index is 1.42. The third kappa shape index (κ3) is 7.79. The summed E-state index contributed by atoms with van der Waals surface area (Å²) in [4.78, 5) is 62.5. The number of aromatic nitrogens is 2. The lowest BCUT2D eigenvalue weighted by molar-refractivity contribution is -0.139. The number of amides is 3. The van der Waals surface area contributed by atoms with Gasteiger partial charge in [-0.1, -0.05) is 63.9 Å². The molecule has 3 heterocycles. The van der Waals surface area contributed by atoms with E-state index in [4.69, 9.17) is 4.74 Å². The van der Waals surface area contributed by atoms with Crippen molar-refractivity contribution < 1.29 is 23.9 Å². The molecule has 2 N–H and O–H groups in total. The second-order valence-corrected chi connectivity index (χ2v) is 12.1. The second kappa shape index (κ2) is 13.7. The first-order chi connectivity index (χ1) is 20.1. The Hall–Kier alpha value is -4.12. The van der Waals surface area contributed by atoms with Gasteiger partial charge < -0.3 is 20.3 Å². The number of ketones is 1. The summed E-state index contributed by atoms with van der Waals surface area (Å²) in [6.07, 6.45) is 3.71. The number of carbonyl (C=O) groups is 4. The number of benzene rings is 1. The topological polar surface area (TPSA) is 131 Å². The Morgan fingerprint density at radius 3 is 2.50 bits per heavy atom. The van der Waals surface area contributed by atoms with Gasteiger partial charge in [-0.05, 0) is 36.5 Å². The zero-order valence-electron chi connectivity index (χ0n) is 24.3. The van der Waals surface area contributed by atoms with Crippen molar-refractivity contribution in [1.82, 2.24) is 25.5 Å². The molecule has 1 aliphatic rings. The molecule has 3 atom stereocenters. The van der Waals surface area contributed by atoms with Crippen LogP contribution in [0.1, 0.15) is 75.5 Å². The van der Waals surface area contributed by atoms with E-state index in [0.717, 1.165) is 17.5 Å². The standard InChI is InChI=1S/C31H37N5O5S/c1-5-6-12-23(26(37)27(38)33-20(2)21-10-8-7-9-11-21)35-30(40)41-25-17-31(3,4)19-36(25)29(39)24-18-42-28(34-24)22-13-15-32-16-14-22/h7-11,13-16,18,20,23,25H,5-6,12,17,19H2,1-4H3,(H,33,38)(H,35,40)/t20-,23+,25?/m1/s1. The number of rotatable bonds is 11. The summed E-state index contributed by atoms with van der Waals surface area (Å²) in [5, 5.41) is 7.69. The SMILES string of the molecule is CCCC[C@H](NC(=O)OC1CC(C)(C)CN1C(=O)c1csc(-c2ccncc2)n1)C(=O)C(=O)N[C@H](C)c1ccccc1. The lowest BCUT2D eigenvalue weighted by Gasteiger charge is -2.25. The van der Waals surface area contributed by atoms with E-state index in [1.54, 1.807) is 24.7 Å². The quantitative estimate of drug-likeness (QED) is 0.296. The molecule has 0 spiro atoms. The number of nitrogens with one attached hydrogen (secondary N) is 2. The van der Waals surface area contributed by atoms with Crippen LogP contribution in [0.4, 0.5) is 4.79 Å². The normalized spacial score (nSPS) is 17.2. The molecular weight excluding hydrogens is 554 g/mol. The predicted molar refractivity (Wildman–Crippen MR) is 160 cm³/mol. The number of likely N-dealkylation sites (tertiary alicyclic amines) is 1. The summed E-state index contributed by atoms with van der Waals surface area (Å²) in [5.74, 6) is -1.86. The molecule has 3 amide bonds. The zero-order chi connectivity index (χ0) is 30.3. The third-order valence-corrected chi connectivity index (χ3v) is 8.04. The number of ether oxygens (including phenoxy) is 1. The summed E-state index contributed by atoms with van der Waals surface area (Å²) in [5.41, 5.74) is 1.67. The number of hydrogen-bond donors (Lipinski definition) is 2. The zero-order valence-corrected chi connectivity index (χ0v) is 25.1. The fourth-order valence-corrected chi connectivity index (χ4v) is 5.69. The molecule has 10 nitrogen and oxygen atoms in total. The van der Waals surface area contributed by atoms with E-state index in [0.29, 0.717) is 24.4 Å². The van der Waals surface area contributed by atoms with E-state index in [-0.39, 0.29) is 29.5 Å².